The summed E-state index contributed by atoms with van der Waals surface area (Å²) in [5.41, 5.74) is 0.856. The van der Waals surface area contributed by atoms with Crippen molar-refractivity contribution < 1.29 is 14.9 Å². The van der Waals surface area contributed by atoms with Crippen LogP contribution in [0, 0.1) is 11.8 Å². The first-order valence-corrected chi connectivity index (χ1v) is 7.51. The average molecular weight is 279 g/mol. The lowest BCUT2D eigenvalue weighted by atomic mass is 9.97. The van der Waals surface area contributed by atoms with Crippen molar-refractivity contribution >= 4 is 0 Å². The third kappa shape index (κ3) is 3.64. The first-order chi connectivity index (χ1) is 9.76. The van der Waals surface area contributed by atoms with Gasteiger partial charge < -0.3 is 20.3 Å². The van der Waals surface area contributed by atoms with E-state index in [1.54, 1.807) is 6.07 Å². The molecule has 3 N–H and O–H groups in total. The molecule has 0 bridgehead atoms. The number of nitrogens with one attached hydrogen (secondary N) is 1. The van der Waals surface area contributed by atoms with Crippen LogP contribution in [0.5, 0.6) is 11.5 Å². The molecule has 1 fully saturated rings. The van der Waals surface area contributed by atoms with Gasteiger partial charge in [-0.2, -0.15) is 0 Å². The molecular formula is C16H25NO3. The summed E-state index contributed by atoms with van der Waals surface area (Å²) >= 11 is 0. The van der Waals surface area contributed by atoms with E-state index < -0.39 is 0 Å². The predicted octanol–water partition coefficient (Wildman–Crippen LogP) is 2.29. The SMILES string of the molecule is CCOc1cccc(CNCC2CCCC2CO)c1O. The van der Waals surface area contributed by atoms with Gasteiger partial charge in [0, 0.05) is 18.7 Å². The van der Waals surface area contributed by atoms with Crippen molar-refractivity contribution in [3.05, 3.63) is 23.8 Å². The van der Waals surface area contributed by atoms with Gasteiger partial charge in [0.1, 0.15) is 0 Å². The van der Waals surface area contributed by atoms with Gasteiger partial charge in [-0.1, -0.05) is 18.6 Å². The smallest absolute Gasteiger partial charge is 0.162 e. The third-order valence-corrected chi connectivity index (χ3v) is 4.16. The predicted molar refractivity (Wildman–Crippen MR) is 78.9 cm³/mol. The Balaban J connectivity index is 1.86. The minimum atomic E-state index is 0.229. The van der Waals surface area contributed by atoms with Crippen molar-refractivity contribution in [1.82, 2.24) is 5.32 Å². The molecule has 2 atom stereocenters. The summed E-state index contributed by atoms with van der Waals surface area (Å²) in [6.07, 6.45) is 3.53. The number of phenols is 1. The highest BCUT2D eigenvalue weighted by molar-refractivity contribution is 5.45. The number of hydrogen-bond donors (Lipinski definition) is 3. The molecular weight excluding hydrogens is 254 g/mol. The lowest BCUT2D eigenvalue weighted by Gasteiger charge is -2.18. The van der Waals surface area contributed by atoms with Gasteiger partial charge in [-0.3, -0.25) is 0 Å². The minimum absolute atomic E-state index is 0.229. The Morgan fingerprint density at radius 2 is 2.10 bits per heavy atom. The average Bonchev–Trinajstić information content (AvgIpc) is 2.90. The minimum Gasteiger partial charge on any atom is -0.504 e. The quantitative estimate of drug-likeness (QED) is 0.716. The molecule has 1 aromatic rings. The highest BCUT2D eigenvalue weighted by Gasteiger charge is 2.25. The normalized spacial score (nSPS) is 22.1. The van der Waals surface area contributed by atoms with Crippen molar-refractivity contribution in [2.45, 2.75) is 32.7 Å². The van der Waals surface area contributed by atoms with Crippen molar-refractivity contribution in [3.8, 4) is 11.5 Å². The van der Waals surface area contributed by atoms with Crippen molar-refractivity contribution in [1.29, 1.82) is 0 Å². The number of rotatable bonds is 7. The Labute approximate surface area is 120 Å². The molecule has 0 radical (unpaired) electrons. The van der Waals surface area contributed by atoms with Crippen LogP contribution in [-0.2, 0) is 6.54 Å². The first kappa shape index (κ1) is 15.1. The van der Waals surface area contributed by atoms with E-state index in [4.69, 9.17) is 4.74 Å². The molecule has 0 spiro atoms. The van der Waals surface area contributed by atoms with Gasteiger partial charge in [0.2, 0.25) is 0 Å². The van der Waals surface area contributed by atoms with Crippen LogP contribution in [0.4, 0.5) is 0 Å². The Morgan fingerprint density at radius 3 is 2.85 bits per heavy atom. The number of para-hydroxylation sites is 1. The number of ether oxygens (including phenoxy) is 1. The topological polar surface area (TPSA) is 61.7 Å². The molecule has 0 amide bonds. The molecule has 2 rings (SSSR count). The fourth-order valence-electron chi connectivity index (χ4n) is 3.00. The molecule has 4 nitrogen and oxygen atoms in total. The van der Waals surface area contributed by atoms with Gasteiger partial charge in [0.15, 0.2) is 11.5 Å². The number of aliphatic hydroxyl groups is 1. The molecule has 2 unspecified atom stereocenters. The third-order valence-electron chi connectivity index (χ3n) is 4.16. The van der Waals surface area contributed by atoms with Crippen LogP contribution in [0.1, 0.15) is 31.7 Å². The molecule has 1 saturated carbocycles. The second-order valence-electron chi connectivity index (χ2n) is 5.46. The zero-order chi connectivity index (χ0) is 14.4. The summed E-state index contributed by atoms with van der Waals surface area (Å²) in [4.78, 5) is 0. The van der Waals surface area contributed by atoms with Crippen LogP contribution in [-0.4, -0.2) is 30.0 Å². The zero-order valence-corrected chi connectivity index (χ0v) is 12.1. The maximum absolute atomic E-state index is 10.1. The fraction of sp³-hybridized carbons (Fsp3) is 0.625. The fourth-order valence-corrected chi connectivity index (χ4v) is 3.00. The van der Waals surface area contributed by atoms with Crippen LogP contribution in [0.25, 0.3) is 0 Å². The van der Waals surface area contributed by atoms with Crippen molar-refractivity contribution in [2.75, 3.05) is 19.8 Å². The molecule has 112 valence electrons. The monoisotopic (exact) mass is 279 g/mol. The highest BCUT2D eigenvalue weighted by atomic mass is 16.5. The van der Waals surface area contributed by atoms with E-state index in [1.165, 1.54) is 12.8 Å². The van der Waals surface area contributed by atoms with E-state index in [0.29, 0.717) is 30.7 Å². The molecule has 20 heavy (non-hydrogen) atoms. The van der Waals surface area contributed by atoms with Gasteiger partial charge in [0.05, 0.1) is 6.61 Å². The number of aliphatic hydroxyl groups excluding tert-OH is 1. The van der Waals surface area contributed by atoms with Crippen molar-refractivity contribution in [2.24, 2.45) is 11.8 Å². The Morgan fingerprint density at radius 1 is 1.30 bits per heavy atom. The standard InChI is InChI=1S/C16H25NO3/c1-2-20-15-8-4-6-13(16(15)19)10-17-9-12-5-3-7-14(12)11-18/h4,6,8,12,14,17-19H,2-3,5,7,9-11H2,1H3. The molecule has 1 aliphatic rings. The Kier molecular flexibility index (Phi) is 5.68. The van der Waals surface area contributed by atoms with Crippen LogP contribution in [0.2, 0.25) is 0 Å². The summed E-state index contributed by atoms with van der Waals surface area (Å²) in [6.45, 7) is 4.26. The highest BCUT2D eigenvalue weighted by Crippen LogP contribution is 2.32. The molecule has 0 aliphatic heterocycles. The van der Waals surface area contributed by atoms with E-state index in [1.807, 2.05) is 19.1 Å². The van der Waals surface area contributed by atoms with E-state index >= 15 is 0 Å². The molecule has 0 heterocycles. The van der Waals surface area contributed by atoms with Gasteiger partial charge in [-0.15, -0.1) is 0 Å². The lowest BCUT2D eigenvalue weighted by Crippen LogP contribution is -2.26. The van der Waals surface area contributed by atoms with Crippen LogP contribution in [0.15, 0.2) is 18.2 Å². The molecule has 0 saturated heterocycles. The van der Waals surface area contributed by atoms with Crippen molar-refractivity contribution in [3.63, 3.8) is 0 Å². The number of hydrogen-bond acceptors (Lipinski definition) is 4. The molecule has 4 heteroatoms. The second kappa shape index (κ2) is 7.50. The Bertz CT molecular complexity index is 422. The first-order valence-electron chi connectivity index (χ1n) is 7.51. The van der Waals surface area contributed by atoms with Gasteiger partial charge in [-0.05, 0) is 44.2 Å². The maximum atomic E-state index is 10.1. The summed E-state index contributed by atoms with van der Waals surface area (Å²) in [5.74, 6) is 1.76. The summed E-state index contributed by atoms with van der Waals surface area (Å²) in [6, 6.07) is 5.58. The van der Waals surface area contributed by atoms with Gasteiger partial charge in [-0.25, -0.2) is 0 Å². The summed E-state index contributed by atoms with van der Waals surface area (Å²) in [5, 5.41) is 22.8. The zero-order valence-electron chi connectivity index (χ0n) is 12.1. The molecule has 0 aromatic heterocycles. The maximum Gasteiger partial charge on any atom is 0.162 e. The summed E-state index contributed by atoms with van der Waals surface area (Å²) < 4.78 is 5.38. The van der Waals surface area contributed by atoms with Crippen LogP contribution >= 0.6 is 0 Å². The molecule has 1 aliphatic carbocycles. The van der Waals surface area contributed by atoms with Gasteiger partial charge in [0.25, 0.3) is 0 Å². The lowest BCUT2D eigenvalue weighted by molar-refractivity contribution is 0.192. The summed E-state index contributed by atoms with van der Waals surface area (Å²) in [7, 11) is 0. The van der Waals surface area contributed by atoms with E-state index in [-0.39, 0.29) is 12.4 Å². The molecule has 1 aromatic carbocycles. The largest absolute Gasteiger partial charge is 0.504 e. The van der Waals surface area contributed by atoms with Crippen LogP contribution < -0.4 is 10.1 Å². The number of aromatic hydroxyl groups is 1. The van der Waals surface area contributed by atoms with E-state index in [0.717, 1.165) is 18.5 Å². The number of benzene rings is 1. The van der Waals surface area contributed by atoms with E-state index in [9.17, 15) is 10.2 Å². The second-order valence-corrected chi connectivity index (χ2v) is 5.46. The number of phenolic OH excluding ortho intramolecular Hbond substituents is 1. The van der Waals surface area contributed by atoms with Crippen LogP contribution in [0.3, 0.4) is 0 Å². The van der Waals surface area contributed by atoms with E-state index in [2.05, 4.69) is 5.32 Å². The Hall–Kier alpha value is -1.26. The van der Waals surface area contributed by atoms with Gasteiger partial charge >= 0.3 is 0 Å².